The maximum absolute atomic E-state index is 14.0. The van der Waals surface area contributed by atoms with Crippen LogP contribution in [0.5, 0.6) is 5.19 Å². The van der Waals surface area contributed by atoms with Gasteiger partial charge in [-0.25, -0.2) is 23.4 Å². The number of ether oxygens (including phenoxy) is 1. The molecule has 0 aromatic carbocycles. The van der Waals surface area contributed by atoms with Crippen LogP contribution in [0.25, 0.3) is 21.6 Å². The Morgan fingerprint density at radius 1 is 1.22 bits per heavy atom. The van der Waals surface area contributed by atoms with Crippen molar-refractivity contribution in [2.45, 2.75) is 29.5 Å². The van der Waals surface area contributed by atoms with E-state index in [1.807, 2.05) is 0 Å². The minimum atomic E-state index is -4.45. The Bertz CT molecular complexity index is 1490. The van der Waals surface area contributed by atoms with Crippen molar-refractivity contribution < 1.29 is 30.8 Å². The van der Waals surface area contributed by atoms with E-state index < -0.39 is 27.3 Å². The summed E-state index contributed by atoms with van der Waals surface area (Å²) in [6.07, 6.45) is -0.486. The molecule has 0 bridgehead atoms. The highest BCUT2D eigenvalue weighted by atomic mass is 32.2. The van der Waals surface area contributed by atoms with E-state index in [0.717, 1.165) is 17.6 Å². The molecular formula is C22H21F3N6O4S2. The van der Waals surface area contributed by atoms with E-state index in [4.69, 9.17) is 9.26 Å². The Morgan fingerprint density at radius 2 is 2.05 bits per heavy atom. The summed E-state index contributed by atoms with van der Waals surface area (Å²) in [6.45, 7) is 0.121. The molecule has 5 rings (SSSR count). The van der Waals surface area contributed by atoms with Crippen LogP contribution in [0.1, 0.15) is 18.6 Å². The van der Waals surface area contributed by atoms with Crippen molar-refractivity contribution in [3.63, 3.8) is 0 Å². The standard InChI is InChI=1S/C22H21F3N6O4S2/c1-37(32,33)18-5-2-13(10-27-18)14-3-4-15-19(29-14)36-20(30-15)34-9-7-21(17-12-28-31-35-17)6-8-26-11-16(21)22(23,24)25/h2-5,10,12,16,26H,6-9,11H2,1H3. The van der Waals surface area contributed by atoms with Crippen LogP contribution in [0, 0.1) is 5.92 Å². The summed E-state index contributed by atoms with van der Waals surface area (Å²) in [5.41, 5.74) is 0.389. The smallest absolute Gasteiger partial charge is 0.394 e. The molecule has 5 heterocycles. The number of fused-ring (bicyclic) bond motifs is 1. The number of halogens is 3. The average molecular weight is 555 g/mol. The first-order valence-corrected chi connectivity index (χ1v) is 13.9. The number of thiazole rings is 1. The molecule has 0 spiro atoms. The number of alkyl halides is 3. The second-order valence-corrected chi connectivity index (χ2v) is 11.6. The topological polar surface area (TPSA) is 133 Å². The lowest BCUT2D eigenvalue weighted by Crippen LogP contribution is -2.54. The fourth-order valence-corrected chi connectivity index (χ4v) is 5.93. The number of nitrogens with one attached hydrogen (secondary N) is 1. The molecule has 1 fully saturated rings. The monoisotopic (exact) mass is 554 g/mol. The Labute approximate surface area is 213 Å². The minimum Gasteiger partial charge on any atom is -0.470 e. The van der Waals surface area contributed by atoms with Crippen LogP contribution in [0.15, 0.2) is 46.2 Å². The normalized spacial score (nSPS) is 20.8. The van der Waals surface area contributed by atoms with Gasteiger partial charge < -0.3 is 14.6 Å². The first-order valence-electron chi connectivity index (χ1n) is 11.2. The Kier molecular flexibility index (Phi) is 6.62. The molecule has 4 aromatic rings. The molecule has 0 aliphatic carbocycles. The predicted octanol–water partition coefficient (Wildman–Crippen LogP) is 3.42. The van der Waals surface area contributed by atoms with Gasteiger partial charge >= 0.3 is 6.18 Å². The predicted molar refractivity (Wildman–Crippen MR) is 127 cm³/mol. The fourth-order valence-electron chi connectivity index (χ4n) is 4.55. The molecule has 4 aromatic heterocycles. The van der Waals surface area contributed by atoms with E-state index in [9.17, 15) is 21.6 Å². The van der Waals surface area contributed by atoms with Crippen molar-refractivity contribution in [1.29, 1.82) is 0 Å². The van der Waals surface area contributed by atoms with Gasteiger partial charge in [0, 0.05) is 29.8 Å². The lowest BCUT2D eigenvalue weighted by atomic mass is 9.66. The zero-order chi connectivity index (χ0) is 26.3. The number of pyridine rings is 2. The summed E-state index contributed by atoms with van der Waals surface area (Å²) in [5, 5.41) is 10.1. The molecule has 1 aliphatic heterocycles. The number of rotatable bonds is 7. The molecule has 1 aliphatic rings. The second kappa shape index (κ2) is 9.61. The molecule has 0 radical (unpaired) electrons. The van der Waals surface area contributed by atoms with Crippen LogP contribution in [0.3, 0.4) is 0 Å². The third kappa shape index (κ3) is 5.15. The molecule has 37 heavy (non-hydrogen) atoms. The van der Waals surface area contributed by atoms with Gasteiger partial charge in [0.05, 0.1) is 29.8 Å². The van der Waals surface area contributed by atoms with Gasteiger partial charge in [0.15, 0.2) is 20.6 Å². The third-order valence-electron chi connectivity index (χ3n) is 6.43. The van der Waals surface area contributed by atoms with E-state index in [2.05, 4.69) is 30.6 Å². The summed E-state index contributed by atoms with van der Waals surface area (Å²) in [5.74, 6) is -1.60. The van der Waals surface area contributed by atoms with Crippen LogP contribution in [-0.4, -0.2) is 65.9 Å². The number of sulfone groups is 1. The quantitative estimate of drug-likeness (QED) is 0.362. The van der Waals surface area contributed by atoms with Crippen molar-refractivity contribution in [3.05, 3.63) is 42.4 Å². The van der Waals surface area contributed by atoms with Gasteiger partial charge in [-0.15, -0.1) is 5.10 Å². The van der Waals surface area contributed by atoms with E-state index in [-0.39, 0.29) is 42.0 Å². The summed E-state index contributed by atoms with van der Waals surface area (Å²) in [6, 6.07) is 6.48. The fraction of sp³-hybridized carbons (Fsp3) is 0.409. The van der Waals surface area contributed by atoms with Gasteiger partial charge in [-0.3, -0.25) is 0 Å². The van der Waals surface area contributed by atoms with Crippen LogP contribution in [0.2, 0.25) is 0 Å². The molecule has 2 atom stereocenters. The van der Waals surface area contributed by atoms with Gasteiger partial charge in [0.2, 0.25) is 0 Å². The third-order valence-corrected chi connectivity index (χ3v) is 8.31. The lowest BCUT2D eigenvalue weighted by molar-refractivity contribution is -0.202. The highest BCUT2D eigenvalue weighted by Gasteiger charge is 2.57. The summed E-state index contributed by atoms with van der Waals surface area (Å²) in [4.78, 5) is 13.5. The van der Waals surface area contributed by atoms with Crippen LogP contribution in [0.4, 0.5) is 13.2 Å². The maximum atomic E-state index is 14.0. The van der Waals surface area contributed by atoms with Crippen LogP contribution >= 0.6 is 11.3 Å². The Morgan fingerprint density at radius 3 is 2.73 bits per heavy atom. The molecule has 1 saturated heterocycles. The van der Waals surface area contributed by atoms with E-state index >= 15 is 0 Å². The zero-order valence-electron chi connectivity index (χ0n) is 19.4. The van der Waals surface area contributed by atoms with E-state index in [1.165, 1.54) is 18.5 Å². The molecular weight excluding hydrogens is 533 g/mol. The summed E-state index contributed by atoms with van der Waals surface area (Å²) < 4.78 is 76.1. The summed E-state index contributed by atoms with van der Waals surface area (Å²) in [7, 11) is -3.42. The molecule has 1 N–H and O–H groups in total. The number of piperidine rings is 1. The average Bonchev–Trinajstić information content (AvgIpc) is 3.53. The van der Waals surface area contributed by atoms with Gasteiger partial charge in [-0.2, -0.15) is 13.2 Å². The van der Waals surface area contributed by atoms with Crippen LogP contribution in [-0.2, 0) is 15.3 Å². The maximum Gasteiger partial charge on any atom is 0.394 e. The molecule has 0 amide bonds. The van der Waals surface area contributed by atoms with Gasteiger partial charge in [0.1, 0.15) is 10.3 Å². The van der Waals surface area contributed by atoms with Crippen molar-refractivity contribution in [3.8, 4) is 16.5 Å². The van der Waals surface area contributed by atoms with Crippen molar-refractivity contribution >= 4 is 31.5 Å². The van der Waals surface area contributed by atoms with Crippen molar-refractivity contribution in [2.24, 2.45) is 5.92 Å². The van der Waals surface area contributed by atoms with Gasteiger partial charge in [0.25, 0.3) is 5.19 Å². The lowest BCUT2D eigenvalue weighted by Gasteiger charge is -2.43. The number of hydrogen-bond donors (Lipinski definition) is 1. The largest absolute Gasteiger partial charge is 0.470 e. The first-order chi connectivity index (χ1) is 17.6. The molecule has 10 nitrogen and oxygen atoms in total. The summed E-state index contributed by atoms with van der Waals surface area (Å²) >= 11 is 1.16. The SMILES string of the molecule is CS(=O)(=O)c1ccc(-c2ccc3nc(OCCC4(c5cnno5)CCNCC4C(F)(F)F)sc3n2)cn1. The number of nitrogens with zero attached hydrogens (tertiary/aromatic N) is 5. The van der Waals surface area contributed by atoms with Crippen molar-refractivity contribution in [1.82, 2.24) is 30.6 Å². The highest BCUT2D eigenvalue weighted by Crippen LogP contribution is 2.48. The molecule has 196 valence electrons. The highest BCUT2D eigenvalue weighted by molar-refractivity contribution is 7.90. The zero-order valence-corrected chi connectivity index (χ0v) is 21.0. The van der Waals surface area contributed by atoms with Crippen LogP contribution < -0.4 is 10.1 Å². The molecule has 2 unspecified atom stereocenters. The number of aromatic nitrogens is 5. The second-order valence-electron chi connectivity index (χ2n) is 8.74. The van der Waals surface area contributed by atoms with Gasteiger partial charge in [-0.05, 0) is 43.7 Å². The first kappa shape index (κ1) is 25.5. The van der Waals surface area contributed by atoms with E-state index in [0.29, 0.717) is 28.1 Å². The minimum absolute atomic E-state index is 0.0304. The van der Waals surface area contributed by atoms with Gasteiger partial charge in [-0.1, -0.05) is 11.3 Å². The van der Waals surface area contributed by atoms with E-state index in [1.54, 1.807) is 18.2 Å². The molecule has 0 saturated carbocycles. The van der Waals surface area contributed by atoms with Crippen molar-refractivity contribution in [2.75, 3.05) is 26.0 Å². The number of hydrogen-bond acceptors (Lipinski definition) is 11. The Balaban J connectivity index is 1.34. The Hall–Kier alpha value is -3.17. The molecule has 15 heteroatoms.